The Kier molecular flexibility index (Phi) is 6.40. The summed E-state index contributed by atoms with van der Waals surface area (Å²) in [5.41, 5.74) is 1.84. The van der Waals surface area contributed by atoms with Crippen LogP contribution in [0.5, 0.6) is 0 Å². The number of amides is 2. The van der Waals surface area contributed by atoms with E-state index in [1.54, 1.807) is 4.52 Å². The average molecular weight is 422 g/mol. The molecule has 9 nitrogen and oxygen atoms in total. The van der Waals surface area contributed by atoms with E-state index in [1.165, 1.54) is 6.33 Å². The van der Waals surface area contributed by atoms with Gasteiger partial charge in [-0.3, -0.25) is 9.59 Å². The standard InChI is InChI=1S/C22H27N7O2/c1-16-12-19(29-22(27-16)25-15-26-29)23-9-10-24-21(31)18-8-5-11-28(14-18)20(30)13-17-6-3-2-4-7-17/h2-4,6-7,12,15,18,23H,5,8-11,13-14H2,1H3,(H,24,31). The number of aromatic nitrogens is 4. The molecule has 31 heavy (non-hydrogen) atoms. The van der Waals surface area contributed by atoms with Crippen LogP contribution in [0.4, 0.5) is 5.82 Å². The minimum Gasteiger partial charge on any atom is -0.368 e. The van der Waals surface area contributed by atoms with Crippen molar-refractivity contribution >= 4 is 23.4 Å². The Morgan fingerprint density at radius 1 is 1.19 bits per heavy atom. The number of piperidine rings is 1. The molecule has 3 heterocycles. The first-order valence-corrected chi connectivity index (χ1v) is 10.6. The van der Waals surface area contributed by atoms with E-state index >= 15 is 0 Å². The number of hydrogen-bond donors (Lipinski definition) is 2. The van der Waals surface area contributed by atoms with Crippen molar-refractivity contribution in [3.63, 3.8) is 0 Å². The molecule has 1 aliphatic heterocycles. The van der Waals surface area contributed by atoms with Gasteiger partial charge in [-0.25, -0.2) is 4.98 Å². The van der Waals surface area contributed by atoms with Gasteiger partial charge in [-0.15, -0.1) is 0 Å². The summed E-state index contributed by atoms with van der Waals surface area (Å²) in [5.74, 6) is 1.23. The van der Waals surface area contributed by atoms with Gasteiger partial charge in [-0.2, -0.15) is 14.6 Å². The molecule has 0 saturated carbocycles. The van der Waals surface area contributed by atoms with Crippen LogP contribution in [0.2, 0.25) is 0 Å². The maximum atomic E-state index is 12.6. The van der Waals surface area contributed by atoms with Crippen molar-refractivity contribution in [3.8, 4) is 0 Å². The summed E-state index contributed by atoms with van der Waals surface area (Å²) in [4.78, 5) is 35.5. The van der Waals surface area contributed by atoms with Crippen LogP contribution in [0.3, 0.4) is 0 Å². The molecular weight excluding hydrogens is 394 g/mol. The second kappa shape index (κ2) is 9.55. The van der Waals surface area contributed by atoms with Crippen LogP contribution >= 0.6 is 0 Å². The lowest BCUT2D eigenvalue weighted by Gasteiger charge is -2.32. The second-order valence-electron chi connectivity index (χ2n) is 7.81. The maximum Gasteiger partial charge on any atom is 0.254 e. The average Bonchev–Trinajstić information content (AvgIpc) is 3.25. The SMILES string of the molecule is Cc1cc(NCCNC(=O)C2CCCN(C(=O)Cc3ccccc3)C2)n2ncnc2n1. The highest BCUT2D eigenvalue weighted by Crippen LogP contribution is 2.18. The largest absolute Gasteiger partial charge is 0.368 e. The van der Waals surface area contributed by atoms with Crippen molar-refractivity contribution < 1.29 is 9.59 Å². The number of carbonyl (C=O) groups excluding carboxylic acids is 2. The summed E-state index contributed by atoms with van der Waals surface area (Å²) in [6, 6.07) is 11.6. The lowest BCUT2D eigenvalue weighted by Crippen LogP contribution is -2.46. The van der Waals surface area contributed by atoms with E-state index in [0.29, 0.717) is 38.4 Å². The number of hydrogen-bond acceptors (Lipinski definition) is 6. The van der Waals surface area contributed by atoms with E-state index in [4.69, 9.17) is 0 Å². The summed E-state index contributed by atoms with van der Waals surface area (Å²) < 4.78 is 1.63. The quantitative estimate of drug-likeness (QED) is 0.560. The molecule has 2 aromatic heterocycles. The highest BCUT2D eigenvalue weighted by molar-refractivity contribution is 5.82. The van der Waals surface area contributed by atoms with Crippen LogP contribution in [0.1, 0.15) is 24.1 Å². The summed E-state index contributed by atoms with van der Waals surface area (Å²) in [6.07, 6.45) is 3.48. The zero-order valence-electron chi connectivity index (χ0n) is 17.6. The van der Waals surface area contributed by atoms with Crippen LogP contribution in [0.15, 0.2) is 42.7 Å². The lowest BCUT2D eigenvalue weighted by atomic mass is 9.96. The summed E-state index contributed by atoms with van der Waals surface area (Å²) in [5, 5.41) is 10.4. The van der Waals surface area contributed by atoms with Crippen molar-refractivity contribution in [1.82, 2.24) is 29.8 Å². The predicted octanol–water partition coefficient (Wildman–Crippen LogP) is 1.44. The fraction of sp³-hybridized carbons (Fsp3) is 0.409. The number of likely N-dealkylation sites (tertiary alicyclic amines) is 1. The highest BCUT2D eigenvalue weighted by atomic mass is 16.2. The Bertz CT molecular complexity index is 1050. The molecule has 0 spiro atoms. The van der Waals surface area contributed by atoms with Crippen LogP contribution in [-0.2, 0) is 16.0 Å². The molecule has 0 aliphatic carbocycles. The number of anilines is 1. The third kappa shape index (κ3) is 5.17. The molecule has 1 aromatic carbocycles. The van der Waals surface area contributed by atoms with E-state index in [0.717, 1.165) is 29.9 Å². The van der Waals surface area contributed by atoms with Gasteiger partial charge in [-0.1, -0.05) is 30.3 Å². The van der Waals surface area contributed by atoms with Crippen LogP contribution < -0.4 is 10.6 Å². The summed E-state index contributed by atoms with van der Waals surface area (Å²) in [7, 11) is 0. The summed E-state index contributed by atoms with van der Waals surface area (Å²) in [6.45, 7) is 4.12. The van der Waals surface area contributed by atoms with Gasteiger partial charge < -0.3 is 15.5 Å². The van der Waals surface area contributed by atoms with Crippen molar-refractivity contribution in [2.45, 2.75) is 26.2 Å². The zero-order chi connectivity index (χ0) is 21.6. The zero-order valence-corrected chi connectivity index (χ0v) is 17.6. The van der Waals surface area contributed by atoms with Crippen molar-refractivity contribution in [1.29, 1.82) is 0 Å². The molecule has 1 fully saturated rings. The number of nitrogens with one attached hydrogen (secondary N) is 2. The minimum absolute atomic E-state index is 0.00387. The molecule has 3 aromatic rings. The number of benzene rings is 1. The van der Waals surface area contributed by atoms with Gasteiger partial charge in [0.25, 0.3) is 5.78 Å². The number of aryl methyl sites for hydroxylation is 1. The van der Waals surface area contributed by atoms with Crippen molar-refractivity contribution in [3.05, 3.63) is 54.0 Å². The molecule has 1 aliphatic rings. The smallest absolute Gasteiger partial charge is 0.254 e. The van der Waals surface area contributed by atoms with Crippen LogP contribution in [0, 0.1) is 12.8 Å². The van der Waals surface area contributed by atoms with Crippen LogP contribution in [-0.4, -0.2) is 62.5 Å². The number of rotatable bonds is 7. The molecule has 4 rings (SSSR count). The lowest BCUT2D eigenvalue weighted by molar-refractivity contribution is -0.135. The molecule has 1 saturated heterocycles. The molecule has 0 radical (unpaired) electrons. The van der Waals surface area contributed by atoms with Crippen molar-refractivity contribution in [2.24, 2.45) is 5.92 Å². The Labute approximate surface area is 180 Å². The Balaban J connectivity index is 1.24. The third-order valence-corrected chi connectivity index (χ3v) is 5.45. The molecule has 2 N–H and O–H groups in total. The van der Waals surface area contributed by atoms with E-state index in [2.05, 4.69) is 25.7 Å². The first-order chi connectivity index (χ1) is 15.1. The van der Waals surface area contributed by atoms with E-state index in [-0.39, 0.29) is 17.7 Å². The first kappa shape index (κ1) is 20.8. The van der Waals surface area contributed by atoms with Gasteiger partial charge in [-0.05, 0) is 25.3 Å². The highest BCUT2D eigenvalue weighted by Gasteiger charge is 2.28. The molecular formula is C22H27N7O2. The maximum absolute atomic E-state index is 12.6. The number of nitrogens with zero attached hydrogens (tertiary/aromatic N) is 5. The second-order valence-corrected chi connectivity index (χ2v) is 7.81. The molecule has 0 bridgehead atoms. The normalized spacial score (nSPS) is 16.3. The van der Waals surface area contributed by atoms with Crippen LogP contribution in [0.25, 0.3) is 5.78 Å². The van der Waals surface area contributed by atoms with E-state index in [9.17, 15) is 9.59 Å². The Morgan fingerprint density at radius 2 is 2.03 bits per heavy atom. The van der Waals surface area contributed by atoms with Gasteiger partial charge in [0, 0.05) is 37.9 Å². The van der Waals surface area contributed by atoms with Gasteiger partial charge >= 0.3 is 0 Å². The number of carbonyl (C=O) groups is 2. The van der Waals surface area contributed by atoms with E-state index in [1.807, 2.05) is 48.2 Å². The molecule has 2 amide bonds. The monoisotopic (exact) mass is 421 g/mol. The fourth-order valence-electron chi connectivity index (χ4n) is 3.88. The fourth-order valence-corrected chi connectivity index (χ4v) is 3.88. The van der Waals surface area contributed by atoms with Crippen molar-refractivity contribution in [2.75, 3.05) is 31.5 Å². The third-order valence-electron chi connectivity index (χ3n) is 5.45. The van der Waals surface area contributed by atoms with Gasteiger partial charge in [0.15, 0.2) is 0 Å². The van der Waals surface area contributed by atoms with Gasteiger partial charge in [0.2, 0.25) is 11.8 Å². The van der Waals surface area contributed by atoms with Gasteiger partial charge in [0.05, 0.1) is 12.3 Å². The molecule has 162 valence electrons. The molecule has 1 unspecified atom stereocenters. The Hall–Kier alpha value is -3.49. The Morgan fingerprint density at radius 3 is 2.87 bits per heavy atom. The molecule has 9 heteroatoms. The predicted molar refractivity (Wildman–Crippen MR) is 116 cm³/mol. The molecule has 1 atom stereocenters. The topological polar surface area (TPSA) is 105 Å². The number of fused-ring (bicyclic) bond motifs is 1. The van der Waals surface area contributed by atoms with E-state index < -0.39 is 0 Å². The minimum atomic E-state index is -0.168. The first-order valence-electron chi connectivity index (χ1n) is 10.6. The summed E-state index contributed by atoms with van der Waals surface area (Å²) >= 11 is 0. The van der Waals surface area contributed by atoms with Gasteiger partial charge in [0.1, 0.15) is 12.1 Å².